The van der Waals surface area contributed by atoms with Gasteiger partial charge in [-0.2, -0.15) is 0 Å². The zero-order valence-electron chi connectivity index (χ0n) is 17.6. The third kappa shape index (κ3) is 7.87. The molecule has 2 aromatic heterocycles. The number of nitrogens with zero attached hydrogens (tertiary/aromatic N) is 5. The molecular formula is C18H30BrN5O3SSi. The first kappa shape index (κ1) is 24.1. The van der Waals surface area contributed by atoms with E-state index in [0.29, 0.717) is 25.3 Å². The van der Waals surface area contributed by atoms with Crippen molar-refractivity contribution >= 4 is 41.3 Å². The minimum atomic E-state index is -1.19. The lowest BCUT2D eigenvalue weighted by Crippen LogP contribution is -2.28. The number of carboxylic acids is 1. The van der Waals surface area contributed by atoms with Crippen LogP contribution in [0.2, 0.25) is 25.7 Å². The van der Waals surface area contributed by atoms with Crippen LogP contribution in [0.5, 0.6) is 0 Å². The molecule has 2 aromatic rings. The molecule has 2 atom stereocenters. The van der Waals surface area contributed by atoms with Gasteiger partial charge in [0, 0.05) is 31.7 Å². The van der Waals surface area contributed by atoms with Gasteiger partial charge in [0.05, 0.1) is 5.92 Å². The van der Waals surface area contributed by atoms with Crippen molar-refractivity contribution in [2.24, 2.45) is 11.8 Å². The van der Waals surface area contributed by atoms with Crippen LogP contribution in [-0.2, 0) is 22.7 Å². The van der Waals surface area contributed by atoms with Crippen LogP contribution in [0.25, 0.3) is 0 Å². The van der Waals surface area contributed by atoms with Crippen molar-refractivity contribution in [1.82, 2.24) is 25.2 Å². The molecule has 0 bridgehead atoms. The van der Waals surface area contributed by atoms with E-state index in [1.807, 2.05) is 13.8 Å². The van der Waals surface area contributed by atoms with Crippen molar-refractivity contribution in [3.05, 3.63) is 20.8 Å². The van der Waals surface area contributed by atoms with E-state index in [4.69, 9.17) is 4.74 Å². The van der Waals surface area contributed by atoms with E-state index in [0.717, 1.165) is 14.8 Å². The van der Waals surface area contributed by atoms with Crippen molar-refractivity contribution in [2.75, 3.05) is 6.61 Å². The van der Waals surface area contributed by atoms with Gasteiger partial charge in [0.15, 0.2) is 9.74 Å². The number of aliphatic carboxylic acids is 1. The summed E-state index contributed by atoms with van der Waals surface area (Å²) in [5, 5.41) is 22.0. The number of tetrazole rings is 1. The molecule has 0 aliphatic rings. The van der Waals surface area contributed by atoms with Crippen LogP contribution in [0.3, 0.4) is 0 Å². The molecule has 0 amide bonds. The molecule has 0 aliphatic carbocycles. The van der Waals surface area contributed by atoms with Crippen molar-refractivity contribution in [2.45, 2.75) is 65.0 Å². The van der Waals surface area contributed by atoms with E-state index in [-0.39, 0.29) is 18.6 Å². The summed E-state index contributed by atoms with van der Waals surface area (Å²) in [7, 11) is -1.19. The third-order valence-corrected chi connectivity index (χ3v) is 7.78. The van der Waals surface area contributed by atoms with Crippen molar-refractivity contribution in [3.8, 4) is 0 Å². The molecule has 29 heavy (non-hydrogen) atoms. The Kier molecular flexibility index (Phi) is 8.92. The van der Waals surface area contributed by atoms with Gasteiger partial charge in [-0.25, -0.2) is 9.67 Å². The van der Waals surface area contributed by atoms with E-state index in [1.54, 1.807) is 10.9 Å². The second-order valence-electron chi connectivity index (χ2n) is 8.85. The smallest absolute Gasteiger partial charge is 0.307 e. The van der Waals surface area contributed by atoms with Crippen molar-refractivity contribution < 1.29 is 14.6 Å². The van der Waals surface area contributed by atoms with E-state index in [9.17, 15) is 9.90 Å². The molecule has 2 heterocycles. The molecule has 0 saturated heterocycles. The second kappa shape index (κ2) is 10.7. The van der Waals surface area contributed by atoms with Crippen LogP contribution in [0.1, 0.15) is 36.9 Å². The Bertz CT molecular complexity index is 793. The Balaban J connectivity index is 2.24. The monoisotopic (exact) mass is 503 g/mol. The van der Waals surface area contributed by atoms with E-state index < -0.39 is 20.0 Å². The molecule has 8 nitrogen and oxygen atoms in total. The molecule has 0 fully saturated rings. The topological polar surface area (TPSA) is 103 Å². The lowest BCUT2D eigenvalue weighted by atomic mass is 9.82. The maximum Gasteiger partial charge on any atom is 0.307 e. The summed E-state index contributed by atoms with van der Waals surface area (Å²) in [5.74, 6) is -0.998. The highest BCUT2D eigenvalue weighted by molar-refractivity contribution is 9.11. The minimum absolute atomic E-state index is 0.226. The molecule has 1 N–H and O–H groups in total. The predicted octanol–water partition coefficient (Wildman–Crippen LogP) is 4.28. The zero-order chi connectivity index (χ0) is 21.6. The molecule has 11 heteroatoms. The molecule has 162 valence electrons. The van der Waals surface area contributed by atoms with Gasteiger partial charge in [-0.1, -0.05) is 33.5 Å². The molecule has 2 rings (SSSR count). The van der Waals surface area contributed by atoms with Crippen LogP contribution >= 0.6 is 27.3 Å². The Hall–Kier alpha value is -1.17. The summed E-state index contributed by atoms with van der Waals surface area (Å²) in [5.41, 5.74) is 0. The summed E-state index contributed by atoms with van der Waals surface area (Å²) in [4.78, 5) is 17.3. The quantitative estimate of drug-likeness (QED) is 0.340. The van der Waals surface area contributed by atoms with E-state index in [2.05, 4.69) is 56.1 Å². The molecular weight excluding hydrogens is 474 g/mol. The fourth-order valence-corrected chi connectivity index (χ4v) is 5.22. The summed E-state index contributed by atoms with van der Waals surface area (Å²) in [6, 6.07) is 1.05. The Morgan fingerprint density at radius 1 is 1.38 bits per heavy atom. The fraction of sp³-hybridized carbons (Fsp3) is 0.722. The average Bonchev–Trinajstić information content (AvgIpc) is 3.22. The SMILES string of the molecule is CC(C)C[C@H](C(=O)O)[C@H](Cc1cnc(Br)s1)c1nnnn1COCC[Si](C)(C)C. The van der Waals surface area contributed by atoms with Gasteiger partial charge in [-0.3, -0.25) is 4.79 Å². The summed E-state index contributed by atoms with van der Waals surface area (Å²) >= 11 is 4.88. The highest BCUT2D eigenvalue weighted by atomic mass is 79.9. The maximum atomic E-state index is 12.1. The fourth-order valence-electron chi connectivity index (χ4n) is 3.05. The molecule has 0 aliphatic heterocycles. The highest BCUT2D eigenvalue weighted by Gasteiger charge is 2.34. The third-order valence-electron chi connectivity index (χ3n) is 4.58. The van der Waals surface area contributed by atoms with Gasteiger partial charge >= 0.3 is 5.97 Å². The van der Waals surface area contributed by atoms with Gasteiger partial charge in [-0.05, 0) is 51.2 Å². The number of halogens is 1. The van der Waals surface area contributed by atoms with Crippen LogP contribution in [0.15, 0.2) is 10.1 Å². The largest absolute Gasteiger partial charge is 0.481 e. The van der Waals surface area contributed by atoms with Crippen LogP contribution in [-0.4, -0.2) is 50.9 Å². The summed E-state index contributed by atoms with van der Waals surface area (Å²) < 4.78 is 8.18. The van der Waals surface area contributed by atoms with Gasteiger partial charge in [0.2, 0.25) is 0 Å². The lowest BCUT2D eigenvalue weighted by Gasteiger charge is -2.24. The van der Waals surface area contributed by atoms with Gasteiger partial charge in [0.25, 0.3) is 0 Å². The number of carbonyl (C=O) groups is 1. The second-order valence-corrected chi connectivity index (χ2v) is 16.9. The first-order chi connectivity index (χ1) is 13.6. The standard InChI is InChI=1S/C18H30BrN5O3SSi/c1-12(2)8-15(17(25)26)14(9-13-10-20-18(19)28-13)16-21-22-23-24(16)11-27-6-7-29(3,4)5/h10,12,14-15H,6-9,11H2,1-5H3,(H,25,26)/t14-,15-/m0/s1. The van der Waals surface area contributed by atoms with E-state index in [1.165, 1.54) is 11.3 Å². The number of hydrogen-bond acceptors (Lipinski definition) is 7. The number of ether oxygens (including phenoxy) is 1. The maximum absolute atomic E-state index is 12.1. The van der Waals surface area contributed by atoms with Crippen LogP contribution in [0, 0.1) is 11.8 Å². The van der Waals surface area contributed by atoms with Crippen LogP contribution in [0.4, 0.5) is 0 Å². The number of aromatic nitrogens is 5. The number of thiazole rings is 1. The van der Waals surface area contributed by atoms with Gasteiger partial charge in [-0.15, -0.1) is 16.4 Å². The zero-order valence-corrected chi connectivity index (χ0v) is 21.0. The number of hydrogen-bond donors (Lipinski definition) is 1. The van der Waals surface area contributed by atoms with Gasteiger partial charge < -0.3 is 9.84 Å². The molecule has 0 spiro atoms. The highest BCUT2D eigenvalue weighted by Crippen LogP contribution is 2.34. The van der Waals surface area contributed by atoms with E-state index >= 15 is 0 Å². The lowest BCUT2D eigenvalue weighted by molar-refractivity contribution is -0.143. The van der Waals surface area contributed by atoms with Gasteiger partial charge in [0.1, 0.15) is 6.73 Å². The normalized spacial score (nSPS) is 14.3. The minimum Gasteiger partial charge on any atom is -0.481 e. The molecule has 0 aromatic carbocycles. The first-order valence-corrected chi connectivity index (χ1v) is 15.1. The number of carboxylic acid groups (broad SMARTS) is 1. The van der Waals surface area contributed by atoms with Crippen molar-refractivity contribution in [1.29, 1.82) is 0 Å². The number of rotatable bonds is 12. The molecule has 0 radical (unpaired) electrons. The Labute approximate surface area is 185 Å². The van der Waals surface area contributed by atoms with Crippen molar-refractivity contribution in [3.63, 3.8) is 0 Å². The average molecular weight is 505 g/mol. The Morgan fingerprint density at radius 3 is 2.66 bits per heavy atom. The summed E-state index contributed by atoms with van der Waals surface area (Å²) in [6.45, 7) is 11.8. The van der Waals surface area contributed by atoms with Crippen LogP contribution < -0.4 is 0 Å². The molecule has 0 unspecified atom stereocenters. The Morgan fingerprint density at radius 2 is 2.10 bits per heavy atom. The first-order valence-electron chi connectivity index (χ1n) is 9.73. The predicted molar refractivity (Wildman–Crippen MR) is 119 cm³/mol. The summed E-state index contributed by atoms with van der Waals surface area (Å²) in [6.07, 6.45) is 2.83. The molecule has 0 saturated carbocycles.